The highest BCUT2D eigenvalue weighted by Crippen LogP contribution is 2.28. The zero-order valence-corrected chi connectivity index (χ0v) is 15.4. The van der Waals surface area contributed by atoms with Crippen LogP contribution in [0.4, 0.5) is 8.78 Å². The molecule has 0 saturated heterocycles. The quantitative estimate of drug-likeness (QED) is 0.588. The van der Waals surface area contributed by atoms with Crippen molar-refractivity contribution >= 4 is 32.9 Å². The molecule has 0 atom stereocenters. The third kappa shape index (κ3) is 3.75. The predicted molar refractivity (Wildman–Crippen MR) is 93.5 cm³/mol. The molecule has 0 aliphatic heterocycles. The van der Waals surface area contributed by atoms with Gasteiger partial charge in [-0.2, -0.15) is 8.78 Å². The Kier molecular flexibility index (Phi) is 5.21. The molecule has 5 nitrogen and oxygen atoms in total. The summed E-state index contributed by atoms with van der Waals surface area (Å²) in [6.07, 6.45) is 0. The van der Waals surface area contributed by atoms with Crippen LogP contribution >= 0.6 is 23.1 Å². The van der Waals surface area contributed by atoms with Crippen LogP contribution in [-0.4, -0.2) is 28.9 Å². The lowest BCUT2D eigenvalue weighted by Gasteiger charge is -2.05. The van der Waals surface area contributed by atoms with E-state index in [-0.39, 0.29) is 4.90 Å². The van der Waals surface area contributed by atoms with Crippen LogP contribution in [0.15, 0.2) is 51.8 Å². The zero-order chi connectivity index (χ0) is 18.0. The Morgan fingerprint density at radius 1 is 1.20 bits per heavy atom. The maximum absolute atomic E-state index is 12.5. The molecule has 0 saturated carbocycles. The lowest BCUT2D eigenvalue weighted by Crippen LogP contribution is -2.11. The molecule has 0 amide bonds. The zero-order valence-electron chi connectivity index (χ0n) is 13.0. The number of rotatable bonds is 6. The maximum Gasteiger partial charge on any atom is 0.341 e. The second-order valence-electron chi connectivity index (χ2n) is 5.08. The fourth-order valence-corrected chi connectivity index (χ4v) is 4.42. The van der Waals surface area contributed by atoms with Crippen LogP contribution in [0, 0.1) is 0 Å². The van der Waals surface area contributed by atoms with Crippen LogP contribution in [0.1, 0.15) is 5.56 Å². The van der Waals surface area contributed by atoms with E-state index in [9.17, 15) is 17.2 Å². The van der Waals surface area contributed by atoms with Gasteiger partial charge in [0.15, 0.2) is 11.0 Å². The molecule has 0 radical (unpaired) electrons. The Hall–Kier alpha value is -1.78. The van der Waals surface area contributed by atoms with Gasteiger partial charge in [-0.15, -0.1) is 21.5 Å². The van der Waals surface area contributed by atoms with Gasteiger partial charge < -0.3 is 4.57 Å². The molecule has 0 aliphatic rings. The Morgan fingerprint density at radius 2 is 1.92 bits per heavy atom. The topological polar surface area (TPSA) is 64.8 Å². The van der Waals surface area contributed by atoms with Crippen molar-refractivity contribution in [2.24, 2.45) is 7.05 Å². The minimum atomic E-state index is -4.55. The Morgan fingerprint density at radius 3 is 2.52 bits per heavy atom. The van der Waals surface area contributed by atoms with E-state index in [4.69, 9.17) is 0 Å². The molecular weight excluding hydrogens is 388 g/mol. The van der Waals surface area contributed by atoms with Gasteiger partial charge in [0, 0.05) is 12.8 Å². The van der Waals surface area contributed by atoms with Crippen molar-refractivity contribution in [3.8, 4) is 10.7 Å². The van der Waals surface area contributed by atoms with Gasteiger partial charge in [-0.3, -0.25) is 0 Å². The van der Waals surface area contributed by atoms with Crippen molar-refractivity contribution in [1.29, 1.82) is 0 Å². The van der Waals surface area contributed by atoms with Crippen molar-refractivity contribution < 1.29 is 17.2 Å². The summed E-state index contributed by atoms with van der Waals surface area (Å²) in [5.41, 5.74) is 0.805. The fraction of sp³-hybridized carbons (Fsp3) is 0.200. The summed E-state index contributed by atoms with van der Waals surface area (Å²) in [7, 11) is -2.68. The van der Waals surface area contributed by atoms with Crippen LogP contribution in [0.3, 0.4) is 0 Å². The smallest absolute Gasteiger partial charge is 0.304 e. The second kappa shape index (κ2) is 7.22. The molecule has 2 heterocycles. The highest BCUT2D eigenvalue weighted by molar-refractivity contribution is 7.98. The van der Waals surface area contributed by atoms with E-state index in [0.29, 0.717) is 10.9 Å². The van der Waals surface area contributed by atoms with E-state index < -0.39 is 15.6 Å². The summed E-state index contributed by atoms with van der Waals surface area (Å²) in [6, 6.07) is 9.36. The molecule has 0 fully saturated rings. The summed E-state index contributed by atoms with van der Waals surface area (Å²) in [5.74, 6) is -2.12. The minimum Gasteiger partial charge on any atom is -0.304 e. The van der Waals surface area contributed by atoms with Gasteiger partial charge in [0.05, 0.1) is 9.77 Å². The van der Waals surface area contributed by atoms with E-state index in [1.165, 1.54) is 36.0 Å². The summed E-state index contributed by atoms with van der Waals surface area (Å²) < 4.78 is 49.7. The van der Waals surface area contributed by atoms with Crippen molar-refractivity contribution in [3.63, 3.8) is 0 Å². The molecule has 25 heavy (non-hydrogen) atoms. The minimum absolute atomic E-state index is 0.380. The number of thiophene rings is 1. The van der Waals surface area contributed by atoms with Crippen LogP contribution in [-0.2, 0) is 22.6 Å². The monoisotopic (exact) mass is 401 g/mol. The van der Waals surface area contributed by atoms with Gasteiger partial charge in [0.2, 0.25) is 9.84 Å². The molecular formula is C15H13F2N3O2S3. The SMILES string of the molecule is Cn1c(SCc2ccc(S(=O)(=O)C(F)F)cc2)nnc1-c1cccs1. The highest BCUT2D eigenvalue weighted by atomic mass is 32.2. The van der Waals surface area contributed by atoms with E-state index >= 15 is 0 Å². The third-order valence-electron chi connectivity index (χ3n) is 3.43. The third-order valence-corrected chi connectivity index (χ3v) is 6.79. The number of thioether (sulfide) groups is 1. The first kappa shape index (κ1) is 18.0. The van der Waals surface area contributed by atoms with E-state index in [1.54, 1.807) is 11.3 Å². The van der Waals surface area contributed by atoms with Gasteiger partial charge >= 0.3 is 5.76 Å². The average molecular weight is 401 g/mol. The van der Waals surface area contributed by atoms with E-state index in [2.05, 4.69) is 10.2 Å². The molecule has 0 bridgehead atoms. The van der Waals surface area contributed by atoms with Gasteiger partial charge in [-0.05, 0) is 29.1 Å². The molecule has 1 aromatic carbocycles. The first-order valence-corrected chi connectivity index (χ1v) is 10.5. The molecule has 10 heteroatoms. The van der Waals surface area contributed by atoms with Crippen LogP contribution in [0.2, 0.25) is 0 Å². The van der Waals surface area contributed by atoms with Crippen molar-refractivity contribution in [1.82, 2.24) is 14.8 Å². The number of alkyl halides is 2. The van der Waals surface area contributed by atoms with E-state index in [0.717, 1.165) is 16.3 Å². The molecule has 3 aromatic rings. The molecule has 0 N–H and O–H groups in total. The number of benzene rings is 1. The number of halogens is 2. The average Bonchev–Trinajstić information content (AvgIpc) is 3.23. The summed E-state index contributed by atoms with van der Waals surface area (Å²) in [4.78, 5) is 0.637. The largest absolute Gasteiger partial charge is 0.341 e. The number of sulfone groups is 1. The highest BCUT2D eigenvalue weighted by Gasteiger charge is 2.26. The standard InChI is InChI=1S/C15H13F2N3O2S3/c1-20-13(12-3-2-8-23-12)18-19-15(20)24-9-10-4-6-11(7-5-10)25(21,22)14(16)17/h2-8,14H,9H2,1H3. The fourth-order valence-electron chi connectivity index (χ4n) is 2.09. The Labute approximate surface area is 151 Å². The summed E-state index contributed by atoms with van der Waals surface area (Å²) in [5, 5.41) is 11.0. The second-order valence-corrected chi connectivity index (χ2v) is 8.89. The molecule has 2 aromatic heterocycles. The van der Waals surface area contributed by atoms with Gasteiger partial charge in [0.25, 0.3) is 0 Å². The van der Waals surface area contributed by atoms with E-state index in [1.807, 2.05) is 29.1 Å². The lowest BCUT2D eigenvalue weighted by atomic mass is 10.2. The first-order chi connectivity index (χ1) is 11.9. The number of aromatic nitrogens is 3. The van der Waals surface area contributed by atoms with Gasteiger partial charge in [-0.25, -0.2) is 8.42 Å². The number of hydrogen-bond donors (Lipinski definition) is 0. The lowest BCUT2D eigenvalue weighted by molar-refractivity contribution is 0.234. The van der Waals surface area contributed by atoms with Crippen molar-refractivity contribution in [2.45, 2.75) is 21.6 Å². The van der Waals surface area contributed by atoms with Crippen LogP contribution in [0.5, 0.6) is 0 Å². The molecule has 0 spiro atoms. The Bertz CT molecular complexity index is 953. The summed E-state index contributed by atoms with van der Waals surface area (Å²) in [6.45, 7) is 0. The van der Waals surface area contributed by atoms with Crippen LogP contribution in [0.25, 0.3) is 10.7 Å². The summed E-state index contributed by atoms with van der Waals surface area (Å²) >= 11 is 3.01. The van der Waals surface area contributed by atoms with Gasteiger partial charge in [0.1, 0.15) is 0 Å². The van der Waals surface area contributed by atoms with Crippen molar-refractivity contribution in [3.05, 3.63) is 47.3 Å². The molecule has 132 valence electrons. The molecule has 3 rings (SSSR count). The molecule has 0 unspecified atom stereocenters. The van der Waals surface area contributed by atoms with Crippen molar-refractivity contribution in [2.75, 3.05) is 0 Å². The van der Waals surface area contributed by atoms with Crippen LogP contribution < -0.4 is 0 Å². The predicted octanol–water partition coefficient (Wildman–Crippen LogP) is 3.83. The molecule has 0 aliphatic carbocycles. The maximum atomic E-state index is 12.5. The normalized spacial score (nSPS) is 12.0. The number of nitrogens with zero attached hydrogens (tertiary/aromatic N) is 3. The Balaban J connectivity index is 1.71. The van der Waals surface area contributed by atoms with Gasteiger partial charge in [-0.1, -0.05) is 30.0 Å². The first-order valence-electron chi connectivity index (χ1n) is 7.06. The number of hydrogen-bond acceptors (Lipinski definition) is 6.